The first-order chi connectivity index (χ1) is 6.65. The molecular formula is C9H16N2O2S. The third-order valence-electron chi connectivity index (χ3n) is 1.81. The largest absolute Gasteiger partial charge is 0.385 e. The highest BCUT2D eigenvalue weighted by atomic mass is 32.1. The van der Waals surface area contributed by atoms with E-state index in [0.29, 0.717) is 6.61 Å². The van der Waals surface area contributed by atoms with Crippen molar-refractivity contribution in [2.45, 2.75) is 39.4 Å². The van der Waals surface area contributed by atoms with E-state index < -0.39 is 6.10 Å². The molecule has 0 fully saturated rings. The third-order valence-corrected chi connectivity index (χ3v) is 2.68. The molecule has 0 aliphatic carbocycles. The van der Waals surface area contributed by atoms with Gasteiger partial charge in [-0.05, 0) is 31.8 Å². The Kier molecular flexibility index (Phi) is 4.44. The summed E-state index contributed by atoms with van der Waals surface area (Å²) in [6.45, 7) is 6.20. The van der Waals surface area contributed by atoms with Crippen molar-refractivity contribution in [1.82, 2.24) is 9.59 Å². The fourth-order valence-corrected chi connectivity index (χ4v) is 1.78. The van der Waals surface area contributed by atoms with Gasteiger partial charge in [-0.3, -0.25) is 0 Å². The molecule has 1 aromatic rings. The Hall–Kier alpha value is -0.520. The van der Waals surface area contributed by atoms with Crippen LogP contribution in [0.2, 0.25) is 0 Å². The van der Waals surface area contributed by atoms with Crippen molar-refractivity contribution < 1.29 is 9.84 Å². The first-order valence-electron chi connectivity index (χ1n) is 4.76. The van der Waals surface area contributed by atoms with Crippen molar-refractivity contribution >= 4 is 11.5 Å². The van der Waals surface area contributed by atoms with Crippen molar-refractivity contribution in [2.75, 3.05) is 6.61 Å². The molecule has 0 bridgehead atoms. The molecule has 5 heteroatoms. The zero-order chi connectivity index (χ0) is 10.6. The molecule has 0 aliphatic rings. The predicted octanol–water partition coefficient (Wildman–Crippen LogP) is 1.56. The summed E-state index contributed by atoms with van der Waals surface area (Å²) in [5.41, 5.74) is 0.870. The maximum Gasteiger partial charge on any atom is 0.115 e. The fourth-order valence-electron chi connectivity index (χ4n) is 1.07. The van der Waals surface area contributed by atoms with Gasteiger partial charge in [0, 0.05) is 0 Å². The topological polar surface area (TPSA) is 55.2 Å². The minimum Gasteiger partial charge on any atom is -0.385 e. The van der Waals surface area contributed by atoms with Gasteiger partial charge >= 0.3 is 0 Å². The smallest absolute Gasteiger partial charge is 0.115 e. The maximum absolute atomic E-state index is 9.78. The summed E-state index contributed by atoms with van der Waals surface area (Å²) in [5, 5.41) is 13.7. The van der Waals surface area contributed by atoms with Gasteiger partial charge in [0.05, 0.1) is 23.3 Å². The third kappa shape index (κ3) is 3.01. The summed E-state index contributed by atoms with van der Waals surface area (Å²) in [5.74, 6) is 0. The number of nitrogens with zero attached hydrogens (tertiary/aromatic N) is 2. The Labute approximate surface area is 88.1 Å². The molecule has 0 aromatic carbocycles. The van der Waals surface area contributed by atoms with Crippen LogP contribution >= 0.6 is 11.5 Å². The lowest BCUT2D eigenvalue weighted by Gasteiger charge is -2.12. The second-order valence-corrected chi connectivity index (χ2v) is 4.12. The number of aromatic nitrogens is 2. The predicted molar refractivity (Wildman–Crippen MR) is 55.3 cm³/mol. The molecular weight excluding hydrogens is 200 g/mol. The van der Waals surface area contributed by atoms with Crippen molar-refractivity contribution in [3.8, 4) is 0 Å². The van der Waals surface area contributed by atoms with Gasteiger partial charge in [0.2, 0.25) is 0 Å². The summed E-state index contributed by atoms with van der Waals surface area (Å²) in [6, 6.07) is 0. The lowest BCUT2D eigenvalue weighted by atomic mass is 10.2. The fraction of sp³-hybridized carbons (Fsp3) is 0.778. The number of hydrogen-bond donors (Lipinski definition) is 1. The van der Waals surface area contributed by atoms with E-state index in [4.69, 9.17) is 4.74 Å². The number of aliphatic hydroxyl groups excluding tert-OH is 1. The molecule has 0 saturated heterocycles. The SMILES string of the molecule is CCc1nnsc1C(O)COC(C)C. The van der Waals surface area contributed by atoms with Gasteiger partial charge in [-0.15, -0.1) is 5.10 Å². The zero-order valence-corrected chi connectivity index (χ0v) is 9.54. The summed E-state index contributed by atoms with van der Waals surface area (Å²) in [7, 11) is 0. The van der Waals surface area contributed by atoms with Crippen LogP contribution in [0.3, 0.4) is 0 Å². The van der Waals surface area contributed by atoms with Gasteiger partial charge in [-0.25, -0.2) is 0 Å². The molecule has 1 N–H and O–H groups in total. The van der Waals surface area contributed by atoms with Gasteiger partial charge in [-0.2, -0.15) is 0 Å². The van der Waals surface area contributed by atoms with Crippen molar-refractivity contribution in [3.05, 3.63) is 10.6 Å². The quantitative estimate of drug-likeness (QED) is 0.811. The van der Waals surface area contributed by atoms with Crippen LogP contribution in [-0.2, 0) is 11.2 Å². The summed E-state index contributed by atoms with van der Waals surface area (Å²) in [4.78, 5) is 0.827. The second-order valence-electron chi connectivity index (χ2n) is 3.34. The molecule has 1 heterocycles. The highest BCUT2D eigenvalue weighted by Crippen LogP contribution is 2.21. The van der Waals surface area contributed by atoms with Crippen LogP contribution in [0.25, 0.3) is 0 Å². The van der Waals surface area contributed by atoms with Crippen LogP contribution < -0.4 is 0 Å². The van der Waals surface area contributed by atoms with E-state index in [1.165, 1.54) is 11.5 Å². The molecule has 1 atom stereocenters. The average Bonchev–Trinajstić information content (AvgIpc) is 2.61. The Balaban J connectivity index is 2.55. The van der Waals surface area contributed by atoms with Crippen LogP contribution in [-0.4, -0.2) is 27.4 Å². The van der Waals surface area contributed by atoms with E-state index >= 15 is 0 Å². The maximum atomic E-state index is 9.78. The van der Waals surface area contributed by atoms with Crippen LogP contribution in [0.1, 0.15) is 37.4 Å². The first kappa shape index (κ1) is 11.6. The molecule has 0 spiro atoms. The van der Waals surface area contributed by atoms with Crippen LogP contribution in [0, 0.1) is 0 Å². The number of aryl methyl sites for hydroxylation is 1. The van der Waals surface area contributed by atoms with Gasteiger partial charge in [0.1, 0.15) is 6.10 Å². The lowest BCUT2D eigenvalue weighted by molar-refractivity contribution is 0.00595. The van der Waals surface area contributed by atoms with Gasteiger partial charge < -0.3 is 9.84 Å². The van der Waals surface area contributed by atoms with E-state index in [9.17, 15) is 5.11 Å². The van der Waals surface area contributed by atoms with Crippen LogP contribution in [0.5, 0.6) is 0 Å². The van der Waals surface area contributed by atoms with Gasteiger partial charge in [0.25, 0.3) is 0 Å². The molecule has 14 heavy (non-hydrogen) atoms. The average molecular weight is 216 g/mol. The molecule has 1 unspecified atom stereocenters. The molecule has 1 aromatic heterocycles. The minimum absolute atomic E-state index is 0.135. The van der Waals surface area contributed by atoms with Crippen molar-refractivity contribution in [2.24, 2.45) is 0 Å². The Bertz CT molecular complexity index is 276. The van der Waals surface area contributed by atoms with E-state index in [0.717, 1.165) is 17.0 Å². The lowest BCUT2D eigenvalue weighted by Crippen LogP contribution is -2.12. The van der Waals surface area contributed by atoms with Gasteiger partial charge in [-0.1, -0.05) is 11.4 Å². The molecule has 0 aliphatic heterocycles. The number of rotatable bonds is 5. The second kappa shape index (κ2) is 5.38. The Morgan fingerprint density at radius 2 is 2.21 bits per heavy atom. The number of aliphatic hydroxyl groups is 1. The van der Waals surface area contributed by atoms with Crippen LogP contribution in [0.4, 0.5) is 0 Å². The monoisotopic (exact) mass is 216 g/mol. The van der Waals surface area contributed by atoms with Crippen molar-refractivity contribution in [1.29, 1.82) is 0 Å². The van der Waals surface area contributed by atoms with Crippen LogP contribution in [0.15, 0.2) is 0 Å². The first-order valence-corrected chi connectivity index (χ1v) is 5.53. The minimum atomic E-state index is -0.590. The van der Waals surface area contributed by atoms with Crippen molar-refractivity contribution in [3.63, 3.8) is 0 Å². The van der Waals surface area contributed by atoms with E-state index in [1.54, 1.807) is 0 Å². The molecule has 4 nitrogen and oxygen atoms in total. The highest BCUT2D eigenvalue weighted by Gasteiger charge is 2.16. The summed E-state index contributed by atoms with van der Waals surface area (Å²) < 4.78 is 9.15. The van der Waals surface area contributed by atoms with E-state index in [1.807, 2.05) is 20.8 Å². The Morgan fingerprint density at radius 3 is 2.79 bits per heavy atom. The summed E-state index contributed by atoms with van der Waals surface area (Å²) >= 11 is 1.24. The Morgan fingerprint density at radius 1 is 1.50 bits per heavy atom. The highest BCUT2D eigenvalue weighted by molar-refractivity contribution is 7.05. The zero-order valence-electron chi connectivity index (χ0n) is 8.73. The molecule has 1 rings (SSSR count). The molecule has 0 saturated carbocycles. The molecule has 80 valence electrons. The van der Waals surface area contributed by atoms with E-state index in [2.05, 4.69) is 9.59 Å². The van der Waals surface area contributed by atoms with E-state index in [-0.39, 0.29) is 6.10 Å². The number of ether oxygens (including phenoxy) is 1. The summed E-state index contributed by atoms with van der Waals surface area (Å²) in [6.07, 6.45) is 0.341. The molecule has 0 radical (unpaired) electrons. The molecule has 0 amide bonds. The normalized spacial score (nSPS) is 13.5. The number of hydrogen-bond acceptors (Lipinski definition) is 5. The van der Waals surface area contributed by atoms with Gasteiger partial charge in [0.15, 0.2) is 0 Å². The standard InChI is InChI=1S/C9H16N2O2S/c1-4-7-9(14-11-10-7)8(12)5-13-6(2)3/h6,8,12H,4-5H2,1-3H3.